The first-order chi connectivity index (χ1) is 13.9. The van der Waals surface area contributed by atoms with Gasteiger partial charge in [0.25, 0.3) is 0 Å². The Balaban J connectivity index is -0.000000231. The first-order valence-corrected chi connectivity index (χ1v) is 13.6. The Morgan fingerprint density at radius 2 is 0.647 bits per heavy atom. The van der Waals surface area contributed by atoms with Gasteiger partial charge in [0.1, 0.15) is 0 Å². The molecule has 0 radical (unpaired) electrons. The molecule has 0 aliphatic rings. The molecule has 34 heavy (non-hydrogen) atoms. The van der Waals surface area contributed by atoms with Crippen LogP contribution >= 0.6 is 0 Å². The van der Waals surface area contributed by atoms with Gasteiger partial charge in [-0.1, -0.05) is 0 Å². The quantitative estimate of drug-likeness (QED) is 0.207. The Hall–Kier alpha value is 0.0260. The van der Waals surface area contributed by atoms with E-state index < -0.39 is 49.5 Å². The largest absolute Gasteiger partial charge is 0 e. The summed E-state index contributed by atoms with van der Waals surface area (Å²) in [5.74, 6) is 0. The van der Waals surface area contributed by atoms with Crippen LogP contribution in [0.4, 0.5) is 39.5 Å². The van der Waals surface area contributed by atoms with Crippen molar-refractivity contribution in [2.45, 2.75) is 94.1 Å². The van der Waals surface area contributed by atoms with Gasteiger partial charge in [-0.25, -0.2) is 0 Å². The molecule has 0 heterocycles. The summed E-state index contributed by atoms with van der Waals surface area (Å²) in [6.07, 6.45) is 0. The Labute approximate surface area is 216 Å². The van der Waals surface area contributed by atoms with Crippen molar-refractivity contribution < 1.29 is 81.0 Å². The van der Waals surface area contributed by atoms with E-state index in [1.54, 1.807) is 62.3 Å². The monoisotopic (exact) mass is 657 g/mol. The summed E-state index contributed by atoms with van der Waals surface area (Å²) in [5, 5.41) is 6.49. The van der Waals surface area contributed by atoms with Crippen LogP contribution in [-0.4, -0.2) is 60.4 Å². The van der Waals surface area contributed by atoms with Crippen LogP contribution in [-0.2, 0) is 26.2 Å². The molecule has 0 amide bonds. The molecule has 204 valence electrons. The van der Waals surface area contributed by atoms with Gasteiger partial charge in [-0.15, -0.1) is 0 Å². The van der Waals surface area contributed by atoms with Crippen molar-refractivity contribution in [3.63, 3.8) is 0 Å². The molecule has 0 spiro atoms. The Bertz CT molecular complexity index is 567. The maximum Gasteiger partial charge on any atom is 0 e. The number of aliphatic hydroxyl groups is 3. The van der Waals surface area contributed by atoms with E-state index in [4.69, 9.17) is 15.3 Å². The van der Waals surface area contributed by atoms with E-state index in [2.05, 4.69) is 0 Å². The van der Waals surface area contributed by atoms with Gasteiger partial charge in [-0.3, -0.25) is 0 Å². The zero-order chi connectivity index (χ0) is 27.9. The van der Waals surface area contributed by atoms with Crippen molar-refractivity contribution in [1.82, 2.24) is 0 Å². The van der Waals surface area contributed by atoms with Crippen molar-refractivity contribution in [3.05, 3.63) is 24.3 Å². The van der Waals surface area contributed by atoms with Crippen molar-refractivity contribution in [2.75, 3.05) is 0 Å². The van der Waals surface area contributed by atoms with Gasteiger partial charge >= 0.3 is 96.5 Å². The van der Waals surface area contributed by atoms with Crippen LogP contribution in [0, 0.1) is 0 Å². The second-order valence-electron chi connectivity index (χ2n) is 9.93. The van der Waals surface area contributed by atoms with Gasteiger partial charge in [0.2, 0.25) is 0 Å². The van der Waals surface area contributed by atoms with Crippen molar-refractivity contribution in [2.24, 2.45) is 0 Å². The summed E-state index contributed by atoms with van der Waals surface area (Å²) >= 11 is -8.38. The van der Waals surface area contributed by atoms with Crippen LogP contribution in [0.5, 0.6) is 0 Å². The second-order valence-corrected chi connectivity index (χ2v) is 17.9. The molecule has 0 saturated carbocycles. The second kappa shape index (κ2) is 14.1. The predicted molar refractivity (Wildman–Crippen MR) is 112 cm³/mol. The molecule has 14 heteroatoms. The van der Waals surface area contributed by atoms with Gasteiger partial charge in [-0.05, 0) is 62.3 Å². The summed E-state index contributed by atoms with van der Waals surface area (Å²) in [7, 11) is 0. The van der Waals surface area contributed by atoms with Crippen LogP contribution in [0.2, 0.25) is 0 Å². The minimum absolute atomic E-state index is 0. The molecular weight excluding hydrogens is 623 g/mol. The zero-order valence-electron chi connectivity index (χ0n) is 20.6. The number of halogens is 9. The first kappa shape index (κ1) is 41.2. The number of hydrogen-bond donors (Lipinski definition) is 3. The summed E-state index contributed by atoms with van der Waals surface area (Å²) in [6.45, 7) is 15.7. The van der Waals surface area contributed by atoms with Gasteiger partial charge < -0.3 is 15.3 Å². The van der Waals surface area contributed by atoms with E-state index in [0.717, 1.165) is 12.1 Å². The summed E-state index contributed by atoms with van der Waals surface area (Å²) in [5.41, 5.74) is -1.50. The fourth-order valence-corrected chi connectivity index (χ4v) is 7.13. The molecule has 0 bridgehead atoms. The Morgan fingerprint density at radius 3 is 0.765 bits per heavy atom. The number of hydrogen-bond acceptors (Lipinski definition) is 3. The molecule has 0 unspecified atom stereocenters. The maximum absolute atomic E-state index is 12.6. The van der Waals surface area contributed by atoms with Gasteiger partial charge in [0.05, 0.1) is 16.8 Å². The van der Waals surface area contributed by atoms with Crippen LogP contribution in [0.1, 0.15) is 62.3 Å². The smallest absolute Gasteiger partial charge is 0 e. The molecule has 0 aliphatic heterocycles. The molecule has 0 saturated heterocycles. The molecular formula is C20H34F9GeO3Zr-. The molecule has 0 aromatic heterocycles. The first-order valence-electron chi connectivity index (χ1n) is 9.45. The van der Waals surface area contributed by atoms with Crippen LogP contribution in [0.25, 0.3) is 0 Å². The molecule has 1 aromatic rings. The Kier molecular flexibility index (Phi) is 17.1. The molecule has 3 nitrogen and oxygen atoms in total. The summed E-state index contributed by atoms with van der Waals surface area (Å²) in [6, 6.07) is 1.90. The molecule has 0 aliphatic carbocycles. The SMILES string of the molecule is CC(C)(C)O.CC(C)(C)O.CC(C)(C)O.F[C](F)(F)[Ge]([c-]1cccc1)([C](F)(F)F)[C](F)(F)F.[Zr]. The van der Waals surface area contributed by atoms with Crippen LogP contribution in [0.3, 0.4) is 0 Å². The third kappa shape index (κ3) is 19.2. The minimum atomic E-state index is -8.38. The van der Waals surface area contributed by atoms with Gasteiger partial charge in [0.15, 0.2) is 0 Å². The summed E-state index contributed by atoms with van der Waals surface area (Å²) < 4.78 is 111. The van der Waals surface area contributed by atoms with E-state index in [0.29, 0.717) is 0 Å². The minimum Gasteiger partial charge on any atom is 0 e. The third-order valence-electron chi connectivity index (χ3n) is 2.37. The van der Waals surface area contributed by atoms with E-state index >= 15 is 0 Å². The summed E-state index contributed by atoms with van der Waals surface area (Å²) in [4.78, 5) is 0. The molecule has 0 atom stereocenters. The zero-order valence-corrected chi connectivity index (χ0v) is 25.1. The maximum atomic E-state index is 12.6. The predicted octanol–water partition coefficient (Wildman–Crippen LogP) is 5.69. The fraction of sp³-hybridized carbons (Fsp3) is 0.750. The van der Waals surface area contributed by atoms with E-state index in [1.807, 2.05) is 0 Å². The molecule has 1 aromatic carbocycles. The average molecular weight is 657 g/mol. The van der Waals surface area contributed by atoms with E-state index in [1.165, 1.54) is 0 Å². The van der Waals surface area contributed by atoms with Crippen molar-refractivity contribution in [1.29, 1.82) is 0 Å². The normalized spacial score (nSPS) is 13.2. The van der Waals surface area contributed by atoms with E-state index in [9.17, 15) is 39.5 Å². The topological polar surface area (TPSA) is 60.7 Å². The molecule has 0 fully saturated rings. The van der Waals surface area contributed by atoms with E-state index in [-0.39, 0.29) is 38.3 Å². The van der Waals surface area contributed by atoms with Crippen LogP contribution < -0.4 is 4.40 Å². The third-order valence-corrected chi connectivity index (χ3v) is 10.2. The van der Waals surface area contributed by atoms with Gasteiger partial charge in [-0.2, -0.15) is 0 Å². The van der Waals surface area contributed by atoms with Crippen molar-refractivity contribution >= 4 is 17.7 Å². The van der Waals surface area contributed by atoms with Crippen LogP contribution in [0.15, 0.2) is 24.3 Å². The average Bonchev–Trinajstić information content (AvgIpc) is 2.80. The number of rotatable bonds is 1. The van der Waals surface area contributed by atoms with Crippen molar-refractivity contribution in [3.8, 4) is 0 Å². The fourth-order valence-electron chi connectivity index (χ4n) is 1.60. The van der Waals surface area contributed by atoms with Gasteiger partial charge in [0, 0.05) is 26.2 Å². The standard InChI is InChI=1S/C8H4F9Ge.3C4H10O.Zr/c9-6(10,11)18(7(12,13)14,8(15,16)17)5-3-1-2-4-5;3*1-4(2,3)5;/h1-4H;3*5H,1-3H3;/q-1;;;;. The number of alkyl halides is 9. The Morgan fingerprint density at radius 1 is 0.500 bits per heavy atom. The molecule has 1 rings (SSSR count). The molecule has 3 N–H and O–H groups in total.